The van der Waals surface area contributed by atoms with Crippen LogP contribution in [0, 0.1) is 35.5 Å². The van der Waals surface area contributed by atoms with Gasteiger partial charge in [-0.3, -0.25) is 19.3 Å². The number of nitrogens with zero attached hydrogens (tertiary/aromatic N) is 1. The summed E-state index contributed by atoms with van der Waals surface area (Å²) in [5.41, 5.74) is 2.10. The van der Waals surface area contributed by atoms with Crippen LogP contribution in [0.3, 0.4) is 0 Å². The summed E-state index contributed by atoms with van der Waals surface area (Å²) in [5, 5.41) is 2.90. The van der Waals surface area contributed by atoms with Gasteiger partial charge >= 0.3 is 0 Å². The number of carbonyl (C=O) groups excluding carboxylic acids is 3. The minimum Gasteiger partial charge on any atom is -0.348 e. The number of carbonyl (C=O) groups is 3. The SMILES string of the molecule is O=C(NCc1ccccc1)c1ccc(N2C(=O)[C@@H]3[C@@H]4C=C[C@H]([C@H]5C[C@H]45)[C@@H]3C2=O)cc1. The van der Waals surface area contributed by atoms with Crippen molar-refractivity contribution < 1.29 is 14.4 Å². The summed E-state index contributed by atoms with van der Waals surface area (Å²) in [6.45, 7) is 0.450. The normalized spacial score (nSPS) is 32.7. The summed E-state index contributed by atoms with van der Waals surface area (Å²) in [6, 6.07) is 16.5. The lowest BCUT2D eigenvalue weighted by Gasteiger charge is -2.37. The fourth-order valence-corrected chi connectivity index (χ4v) is 5.85. The molecule has 5 aliphatic rings. The Balaban J connectivity index is 1.19. The smallest absolute Gasteiger partial charge is 0.251 e. The van der Waals surface area contributed by atoms with E-state index in [-0.39, 0.29) is 41.4 Å². The van der Waals surface area contributed by atoms with E-state index in [1.807, 2.05) is 30.3 Å². The fourth-order valence-electron chi connectivity index (χ4n) is 5.85. The van der Waals surface area contributed by atoms with Crippen LogP contribution >= 0.6 is 0 Å². The highest BCUT2D eigenvalue weighted by Crippen LogP contribution is 2.65. The van der Waals surface area contributed by atoms with Crippen molar-refractivity contribution >= 4 is 23.4 Å². The van der Waals surface area contributed by atoms with E-state index < -0.39 is 0 Å². The number of hydrogen-bond acceptors (Lipinski definition) is 3. The van der Waals surface area contributed by atoms with Crippen molar-refractivity contribution in [2.45, 2.75) is 13.0 Å². The van der Waals surface area contributed by atoms with Crippen LogP contribution in [-0.2, 0) is 16.1 Å². The molecule has 2 aromatic rings. The van der Waals surface area contributed by atoms with E-state index in [1.165, 1.54) is 4.90 Å². The van der Waals surface area contributed by atoms with Gasteiger partial charge in [-0.05, 0) is 59.9 Å². The second kappa shape index (κ2) is 6.39. The van der Waals surface area contributed by atoms with Crippen LogP contribution in [0.5, 0.6) is 0 Å². The molecule has 1 heterocycles. The first-order valence-corrected chi connectivity index (χ1v) is 10.6. The Morgan fingerprint density at radius 2 is 1.47 bits per heavy atom. The highest BCUT2D eigenvalue weighted by Gasteiger charge is 2.67. The number of nitrogens with one attached hydrogen (secondary N) is 1. The van der Waals surface area contributed by atoms with Gasteiger partial charge in [-0.2, -0.15) is 0 Å². The van der Waals surface area contributed by atoms with Crippen molar-refractivity contribution in [1.29, 1.82) is 0 Å². The quantitative estimate of drug-likeness (QED) is 0.635. The van der Waals surface area contributed by atoms with Gasteiger partial charge in [-0.1, -0.05) is 42.5 Å². The average Bonchev–Trinajstić information content (AvgIpc) is 3.56. The minimum atomic E-state index is -0.204. The Morgan fingerprint density at radius 1 is 0.867 bits per heavy atom. The molecule has 1 aliphatic heterocycles. The van der Waals surface area contributed by atoms with Gasteiger partial charge in [0.25, 0.3) is 5.91 Å². The number of hydrogen-bond donors (Lipinski definition) is 1. The van der Waals surface area contributed by atoms with E-state index in [1.54, 1.807) is 24.3 Å². The molecule has 150 valence electrons. The molecule has 7 rings (SSSR count). The third-order valence-corrected chi connectivity index (χ3v) is 7.35. The van der Waals surface area contributed by atoms with Crippen molar-refractivity contribution in [2.24, 2.45) is 35.5 Å². The lowest BCUT2D eigenvalue weighted by atomic mass is 9.63. The third-order valence-electron chi connectivity index (χ3n) is 7.35. The largest absolute Gasteiger partial charge is 0.348 e. The van der Waals surface area contributed by atoms with Crippen LogP contribution in [-0.4, -0.2) is 17.7 Å². The van der Waals surface area contributed by atoms with Crippen molar-refractivity contribution in [3.05, 3.63) is 77.9 Å². The van der Waals surface area contributed by atoms with Gasteiger partial charge in [0.05, 0.1) is 17.5 Å². The van der Waals surface area contributed by atoms with E-state index in [0.717, 1.165) is 12.0 Å². The van der Waals surface area contributed by atoms with Crippen LogP contribution in [0.1, 0.15) is 22.3 Å². The van der Waals surface area contributed by atoms with Crippen LogP contribution in [0.4, 0.5) is 5.69 Å². The molecule has 4 aliphatic carbocycles. The number of imide groups is 1. The van der Waals surface area contributed by atoms with Gasteiger partial charge < -0.3 is 5.32 Å². The maximum Gasteiger partial charge on any atom is 0.251 e. The summed E-state index contributed by atoms with van der Waals surface area (Å²) in [5.74, 6) is 0.883. The standard InChI is InChI=1S/C25H22N2O3/c28-23(26-13-14-4-2-1-3-5-14)15-6-8-16(9-7-15)27-24(29)21-17-10-11-18(20-12-19(17)20)22(21)25(27)30/h1-11,17-22H,12-13H2,(H,26,28)/t17-,18-,19-,20-,21-,22+/m1/s1. The summed E-state index contributed by atoms with van der Waals surface area (Å²) in [7, 11) is 0. The maximum absolute atomic E-state index is 13.2. The molecule has 6 atom stereocenters. The highest BCUT2D eigenvalue weighted by molar-refractivity contribution is 6.22. The van der Waals surface area contributed by atoms with E-state index in [9.17, 15) is 14.4 Å². The number of rotatable bonds is 4. The van der Waals surface area contributed by atoms with Crippen LogP contribution in [0.15, 0.2) is 66.7 Å². The van der Waals surface area contributed by atoms with Crippen LogP contribution < -0.4 is 10.2 Å². The van der Waals surface area contributed by atoms with Crippen molar-refractivity contribution in [1.82, 2.24) is 5.32 Å². The average molecular weight is 398 g/mol. The maximum atomic E-state index is 13.2. The number of allylic oxidation sites excluding steroid dienone is 2. The first kappa shape index (κ1) is 17.6. The summed E-state index contributed by atoms with van der Waals surface area (Å²) in [4.78, 5) is 40.2. The lowest BCUT2D eigenvalue weighted by molar-refractivity contribution is -0.124. The number of anilines is 1. The molecule has 5 nitrogen and oxygen atoms in total. The first-order chi connectivity index (χ1) is 14.6. The molecule has 5 heteroatoms. The predicted molar refractivity (Wildman–Crippen MR) is 111 cm³/mol. The molecule has 0 unspecified atom stereocenters. The van der Waals surface area contributed by atoms with Gasteiger partial charge in [0.2, 0.25) is 11.8 Å². The molecule has 2 bridgehead atoms. The van der Waals surface area contributed by atoms with Gasteiger partial charge in [0.15, 0.2) is 0 Å². The predicted octanol–water partition coefficient (Wildman–Crippen LogP) is 3.17. The Kier molecular flexibility index (Phi) is 3.76. The molecule has 1 saturated heterocycles. The molecular formula is C25H22N2O3. The summed E-state index contributed by atoms with van der Waals surface area (Å²) in [6.07, 6.45) is 5.51. The summed E-state index contributed by atoms with van der Waals surface area (Å²) < 4.78 is 0. The van der Waals surface area contributed by atoms with Crippen molar-refractivity contribution in [3.8, 4) is 0 Å². The zero-order chi connectivity index (χ0) is 20.4. The molecule has 0 aromatic heterocycles. The molecule has 0 spiro atoms. The zero-order valence-corrected chi connectivity index (χ0v) is 16.4. The molecule has 30 heavy (non-hydrogen) atoms. The lowest BCUT2D eigenvalue weighted by Crippen LogP contribution is -2.40. The Labute approximate surface area is 174 Å². The van der Waals surface area contributed by atoms with E-state index in [4.69, 9.17) is 0 Å². The van der Waals surface area contributed by atoms with E-state index in [0.29, 0.717) is 29.6 Å². The van der Waals surface area contributed by atoms with Crippen LogP contribution in [0.25, 0.3) is 0 Å². The molecule has 3 amide bonds. The second-order valence-electron chi connectivity index (χ2n) is 8.88. The van der Waals surface area contributed by atoms with Crippen LogP contribution in [0.2, 0.25) is 0 Å². The van der Waals surface area contributed by atoms with Crippen molar-refractivity contribution in [3.63, 3.8) is 0 Å². The molecule has 2 aromatic carbocycles. The highest BCUT2D eigenvalue weighted by atomic mass is 16.2. The molecule has 3 fully saturated rings. The first-order valence-electron chi connectivity index (χ1n) is 10.6. The van der Waals surface area contributed by atoms with Gasteiger partial charge in [-0.15, -0.1) is 0 Å². The number of amides is 3. The Morgan fingerprint density at radius 3 is 2.07 bits per heavy atom. The Hall–Kier alpha value is -3.21. The van der Waals surface area contributed by atoms with Gasteiger partial charge in [0.1, 0.15) is 0 Å². The van der Waals surface area contributed by atoms with Gasteiger partial charge in [-0.25, -0.2) is 0 Å². The molecule has 2 saturated carbocycles. The zero-order valence-electron chi connectivity index (χ0n) is 16.4. The fraction of sp³-hybridized carbons (Fsp3) is 0.320. The topological polar surface area (TPSA) is 66.5 Å². The Bertz CT molecular complexity index is 1040. The van der Waals surface area contributed by atoms with Gasteiger partial charge in [0, 0.05) is 12.1 Å². The third kappa shape index (κ3) is 2.51. The molecular weight excluding hydrogens is 376 g/mol. The van der Waals surface area contributed by atoms with E-state index >= 15 is 0 Å². The monoisotopic (exact) mass is 398 g/mol. The number of benzene rings is 2. The summed E-state index contributed by atoms with van der Waals surface area (Å²) >= 11 is 0. The van der Waals surface area contributed by atoms with E-state index in [2.05, 4.69) is 17.5 Å². The molecule has 1 N–H and O–H groups in total. The second-order valence-corrected chi connectivity index (χ2v) is 8.88. The molecule has 0 radical (unpaired) electrons. The minimum absolute atomic E-state index is 0.0732. The van der Waals surface area contributed by atoms with Crippen molar-refractivity contribution in [2.75, 3.05) is 4.90 Å².